The molecule has 2 N–H and O–H groups in total. The highest BCUT2D eigenvalue weighted by Gasteiger charge is 2.14. The molecular formula is C6H6N2O2S. The summed E-state index contributed by atoms with van der Waals surface area (Å²) in [6, 6.07) is 0. The lowest BCUT2D eigenvalue weighted by Crippen LogP contribution is -2.04. The molecule has 1 aromatic heterocycles. The molecule has 2 rings (SSSR count). The second-order valence-corrected chi connectivity index (χ2v) is 3.21. The fourth-order valence-electron chi connectivity index (χ4n) is 0.986. The van der Waals surface area contributed by atoms with Crippen LogP contribution in [0.1, 0.15) is 0 Å². The lowest BCUT2D eigenvalue weighted by Gasteiger charge is -1.92. The van der Waals surface area contributed by atoms with Gasteiger partial charge < -0.3 is 10.4 Å². The van der Waals surface area contributed by atoms with Crippen molar-refractivity contribution in [3.63, 3.8) is 0 Å². The predicted octanol–water partition coefficient (Wildman–Crippen LogP) is 1.49. The first kappa shape index (κ1) is 6.60. The summed E-state index contributed by atoms with van der Waals surface area (Å²) < 4.78 is 1.16. The van der Waals surface area contributed by atoms with Crippen LogP contribution in [0.2, 0.25) is 0 Å². The van der Waals surface area contributed by atoms with Gasteiger partial charge in [0.05, 0.1) is 16.5 Å². The summed E-state index contributed by atoms with van der Waals surface area (Å²) in [6.07, 6.45) is 2.25. The lowest BCUT2D eigenvalue weighted by molar-refractivity contribution is 0.196. The molecule has 0 fully saturated rings. The van der Waals surface area contributed by atoms with Gasteiger partial charge in [-0.3, -0.25) is 4.57 Å². The Labute approximate surface area is 67.2 Å². The Morgan fingerprint density at radius 3 is 3.18 bits per heavy atom. The molecule has 1 aliphatic heterocycles. The van der Waals surface area contributed by atoms with Crippen molar-refractivity contribution >= 4 is 23.5 Å². The van der Waals surface area contributed by atoms with Gasteiger partial charge >= 0.3 is 6.09 Å². The van der Waals surface area contributed by atoms with Gasteiger partial charge in [0.1, 0.15) is 0 Å². The number of rotatable bonds is 0. The molecule has 0 spiro atoms. The van der Waals surface area contributed by atoms with Gasteiger partial charge in [-0.2, -0.15) is 0 Å². The van der Waals surface area contributed by atoms with Crippen LogP contribution in [-0.2, 0) is 0 Å². The molecule has 0 saturated carbocycles. The topological polar surface area (TPSA) is 54.3 Å². The molecule has 0 aromatic carbocycles. The standard InChI is InChI=1S/C6H6N2O2S/c9-6(10)8-1-4-5(2-8)11-3-7-4/h1-2,7H,3H2,(H,9,10). The normalized spacial score (nSPS) is 14.2. The second kappa shape index (κ2) is 2.20. The van der Waals surface area contributed by atoms with Crippen molar-refractivity contribution in [1.29, 1.82) is 0 Å². The Morgan fingerprint density at radius 1 is 1.73 bits per heavy atom. The molecule has 1 aliphatic rings. The SMILES string of the molecule is O=C(O)n1cc2c(c1)SCN2. The zero-order chi connectivity index (χ0) is 7.84. The first-order chi connectivity index (χ1) is 5.27. The Bertz CT molecular complexity index is 286. The third-order valence-corrected chi connectivity index (χ3v) is 2.43. The van der Waals surface area contributed by atoms with Gasteiger partial charge in [-0.05, 0) is 0 Å². The summed E-state index contributed by atoms with van der Waals surface area (Å²) in [4.78, 5) is 11.4. The van der Waals surface area contributed by atoms with Gasteiger partial charge in [-0.15, -0.1) is 11.8 Å². The number of aromatic nitrogens is 1. The number of fused-ring (bicyclic) bond motifs is 1. The molecule has 58 valence electrons. The van der Waals surface area contributed by atoms with Crippen molar-refractivity contribution in [2.75, 3.05) is 11.2 Å². The van der Waals surface area contributed by atoms with Crippen molar-refractivity contribution in [2.24, 2.45) is 0 Å². The van der Waals surface area contributed by atoms with E-state index in [2.05, 4.69) is 5.32 Å². The lowest BCUT2D eigenvalue weighted by atomic mass is 10.5. The number of nitrogens with one attached hydrogen (secondary N) is 1. The second-order valence-electron chi connectivity index (χ2n) is 2.19. The first-order valence-corrected chi connectivity index (χ1v) is 4.08. The number of hydrogen-bond donors (Lipinski definition) is 2. The fourth-order valence-corrected chi connectivity index (χ4v) is 1.84. The van der Waals surface area contributed by atoms with Crippen molar-refractivity contribution in [3.8, 4) is 0 Å². The van der Waals surface area contributed by atoms with Crippen molar-refractivity contribution in [3.05, 3.63) is 12.4 Å². The Morgan fingerprint density at radius 2 is 2.55 bits per heavy atom. The van der Waals surface area contributed by atoms with Crippen LogP contribution in [0.5, 0.6) is 0 Å². The van der Waals surface area contributed by atoms with Crippen LogP contribution >= 0.6 is 11.8 Å². The van der Waals surface area contributed by atoms with E-state index in [1.54, 1.807) is 24.2 Å². The molecule has 0 amide bonds. The maximum absolute atomic E-state index is 10.4. The average Bonchev–Trinajstić information content (AvgIpc) is 2.40. The van der Waals surface area contributed by atoms with Crippen LogP contribution in [0.3, 0.4) is 0 Å². The number of hydrogen-bond acceptors (Lipinski definition) is 3. The van der Waals surface area contributed by atoms with Crippen LogP contribution in [0.15, 0.2) is 17.3 Å². The summed E-state index contributed by atoms with van der Waals surface area (Å²) in [5, 5.41) is 11.6. The van der Waals surface area contributed by atoms with Gasteiger partial charge in [0.25, 0.3) is 0 Å². The zero-order valence-electron chi connectivity index (χ0n) is 5.57. The quantitative estimate of drug-likeness (QED) is 0.619. The largest absolute Gasteiger partial charge is 0.464 e. The minimum Gasteiger partial charge on any atom is -0.464 e. The van der Waals surface area contributed by atoms with E-state index >= 15 is 0 Å². The van der Waals surface area contributed by atoms with E-state index < -0.39 is 6.09 Å². The van der Waals surface area contributed by atoms with Gasteiger partial charge in [0, 0.05) is 12.4 Å². The van der Waals surface area contributed by atoms with E-state index in [1.807, 2.05) is 0 Å². The molecule has 0 bridgehead atoms. The van der Waals surface area contributed by atoms with Crippen molar-refractivity contribution in [2.45, 2.75) is 4.90 Å². The van der Waals surface area contributed by atoms with E-state index in [-0.39, 0.29) is 0 Å². The van der Waals surface area contributed by atoms with Crippen LogP contribution in [0.25, 0.3) is 0 Å². The smallest absolute Gasteiger partial charge is 0.415 e. The molecule has 0 aliphatic carbocycles. The Kier molecular flexibility index (Phi) is 1.32. The fraction of sp³-hybridized carbons (Fsp3) is 0.167. The van der Waals surface area contributed by atoms with E-state index in [9.17, 15) is 4.79 Å². The van der Waals surface area contributed by atoms with Gasteiger partial charge in [-0.25, -0.2) is 4.79 Å². The minimum atomic E-state index is -0.943. The summed E-state index contributed by atoms with van der Waals surface area (Å²) in [7, 11) is 0. The molecule has 2 heterocycles. The highest BCUT2D eigenvalue weighted by Crippen LogP contribution is 2.33. The molecule has 0 unspecified atom stereocenters. The number of carbonyl (C=O) groups is 1. The maximum Gasteiger partial charge on any atom is 0.415 e. The molecule has 0 saturated heterocycles. The van der Waals surface area contributed by atoms with Crippen LogP contribution in [0.4, 0.5) is 10.5 Å². The molecule has 1 aromatic rings. The Hall–Kier alpha value is -1.10. The van der Waals surface area contributed by atoms with Crippen molar-refractivity contribution in [1.82, 2.24) is 4.57 Å². The first-order valence-electron chi connectivity index (χ1n) is 3.09. The van der Waals surface area contributed by atoms with Crippen molar-refractivity contribution < 1.29 is 9.90 Å². The van der Waals surface area contributed by atoms with Gasteiger partial charge in [0.15, 0.2) is 0 Å². The predicted molar refractivity (Wildman–Crippen MR) is 42.2 cm³/mol. The summed E-state index contributed by atoms with van der Waals surface area (Å²) >= 11 is 1.61. The number of carboxylic acid groups (broad SMARTS) is 1. The molecule has 11 heavy (non-hydrogen) atoms. The van der Waals surface area contributed by atoms with E-state index in [4.69, 9.17) is 5.11 Å². The number of thioether (sulfide) groups is 1. The Balaban J connectivity index is 2.42. The molecule has 0 atom stereocenters. The van der Waals surface area contributed by atoms with Crippen LogP contribution in [-0.4, -0.2) is 21.6 Å². The van der Waals surface area contributed by atoms with E-state index in [0.29, 0.717) is 0 Å². The summed E-state index contributed by atoms with van der Waals surface area (Å²) in [5.41, 5.74) is 0.914. The molecular weight excluding hydrogens is 164 g/mol. The summed E-state index contributed by atoms with van der Waals surface area (Å²) in [5.74, 6) is 0.838. The number of anilines is 1. The third kappa shape index (κ3) is 0.970. The number of nitrogens with zero attached hydrogens (tertiary/aromatic N) is 1. The summed E-state index contributed by atoms with van der Waals surface area (Å²) in [6.45, 7) is 0. The highest BCUT2D eigenvalue weighted by molar-refractivity contribution is 7.99. The minimum absolute atomic E-state index is 0.838. The highest BCUT2D eigenvalue weighted by atomic mass is 32.2. The van der Waals surface area contributed by atoms with Crippen LogP contribution < -0.4 is 5.32 Å². The monoisotopic (exact) mass is 170 g/mol. The van der Waals surface area contributed by atoms with E-state index in [0.717, 1.165) is 21.0 Å². The van der Waals surface area contributed by atoms with Crippen LogP contribution in [0, 0.1) is 0 Å². The molecule has 0 radical (unpaired) electrons. The average molecular weight is 170 g/mol. The molecule has 4 nitrogen and oxygen atoms in total. The van der Waals surface area contributed by atoms with E-state index in [1.165, 1.54) is 0 Å². The maximum atomic E-state index is 10.4. The zero-order valence-corrected chi connectivity index (χ0v) is 6.39. The third-order valence-electron chi connectivity index (χ3n) is 1.50. The molecule has 5 heteroatoms. The van der Waals surface area contributed by atoms with Gasteiger partial charge in [0.2, 0.25) is 0 Å². The van der Waals surface area contributed by atoms with Gasteiger partial charge in [-0.1, -0.05) is 0 Å².